The third kappa shape index (κ3) is 6.36. The number of benzene rings is 2. The smallest absolute Gasteiger partial charge is 0.270 e. The number of aromatic nitrogens is 2. The van der Waals surface area contributed by atoms with Crippen molar-refractivity contribution in [2.24, 2.45) is 5.41 Å². The number of likely N-dealkylation sites (N-methyl/N-ethyl adjacent to an activating group) is 2. The van der Waals surface area contributed by atoms with Gasteiger partial charge >= 0.3 is 0 Å². The number of amides is 1. The van der Waals surface area contributed by atoms with Crippen LogP contribution in [0, 0.1) is 11.2 Å². The number of H-pyrrole nitrogens is 1. The van der Waals surface area contributed by atoms with Gasteiger partial charge in [-0.3, -0.25) is 14.4 Å². The maximum absolute atomic E-state index is 13.2. The average molecular weight is 557 g/mol. The first kappa shape index (κ1) is 28.2. The fraction of sp³-hybridized carbons (Fsp3) is 0.312. The number of ether oxygens (including phenoxy) is 1. The molecule has 1 aliphatic carbocycles. The molecule has 2 aromatic heterocycles. The summed E-state index contributed by atoms with van der Waals surface area (Å²) in [6, 6.07) is 16.5. The quantitative estimate of drug-likeness (QED) is 0.251. The fourth-order valence-electron chi connectivity index (χ4n) is 4.82. The number of aromatic amines is 1. The van der Waals surface area contributed by atoms with Crippen LogP contribution in [0.1, 0.15) is 34.5 Å². The van der Waals surface area contributed by atoms with Gasteiger partial charge in [-0.05, 0) is 74.5 Å². The minimum Gasteiger partial charge on any atom is -0.457 e. The van der Waals surface area contributed by atoms with Gasteiger partial charge in [0, 0.05) is 39.2 Å². The molecule has 1 fully saturated rings. The number of carbonyl (C=O) groups is 3. The van der Waals surface area contributed by atoms with E-state index >= 15 is 0 Å². The van der Waals surface area contributed by atoms with Crippen molar-refractivity contribution >= 4 is 28.5 Å². The van der Waals surface area contributed by atoms with Crippen LogP contribution in [0.25, 0.3) is 11.0 Å². The van der Waals surface area contributed by atoms with Crippen molar-refractivity contribution in [3.8, 4) is 11.5 Å². The molecule has 1 amide bonds. The third-order valence-corrected chi connectivity index (χ3v) is 7.56. The highest BCUT2D eigenvalue weighted by atomic mass is 19.1. The Morgan fingerprint density at radius 3 is 2.10 bits per heavy atom. The second-order valence-corrected chi connectivity index (χ2v) is 10.9. The van der Waals surface area contributed by atoms with Gasteiger partial charge in [-0.25, -0.2) is 9.37 Å². The Morgan fingerprint density at radius 1 is 0.902 bits per heavy atom. The van der Waals surface area contributed by atoms with E-state index in [4.69, 9.17) is 4.74 Å². The summed E-state index contributed by atoms with van der Waals surface area (Å²) < 4.78 is 19.3. The largest absolute Gasteiger partial charge is 0.457 e. The SMILES string of the molecule is CN(C)CCN(C)C(=O)c1cc2c(Oc3ccc(CC(=O)C4(C(=O)Cc5ccc(F)cc5)CC4)cc3)ccnc2[nH]1. The summed E-state index contributed by atoms with van der Waals surface area (Å²) in [6.45, 7) is 1.35. The van der Waals surface area contributed by atoms with Gasteiger partial charge in [0.25, 0.3) is 5.91 Å². The Morgan fingerprint density at radius 2 is 1.51 bits per heavy atom. The summed E-state index contributed by atoms with van der Waals surface area (Å²) in [7, 11) is 5.69. The van der Waals surface area contributed by atoms with E-state index in [9.17, 15) is 18.8 Å². The number of pyridine rings is 1. The summed E-state index contributed by atoms with van der Waals surface area (Å²) in [4.78, 5) is 50.1. The van der Waals surface area contributed by atoms with E-state index < -0.39 is 5.41 Å². The predicted molar refractivity (Wildman–Crippen MR) is 154 cm³/mol. The first-order valence-corrected chi connectivity index (χ1v) is 13.6. The monoisotopic (exact) mass is 556 g/mol. The number of nitrogens with zero attached hydrogens (tertiary/aromatic N) is 3. The zero-order valence-electron chi connectivity index (χ0n) is 23.4. The highest BCUT2D eigenvalue weighted by Crippen LogP contribution is 2.48. The molecule has 41 heavy (non-hydrogen) atoms. The maximum atomic E-state index is 13.2. The molecule has 1 saturated carbocycles. The van der Waals surface area contributed by atoms with E-state index in [1.165, 1.54) is 12.1 Å². The zero-order chi connectivity index (χ0) is 29.1. The van der Waals surface area contributed by atoms with Gasteiger partial charge in [-0.1, -0.05) is 24.3 Å². The van der Waals surface area contributed by atoms with Gasteiger partial charge in [-0.15, -0.1) is 0 Å². The lowest BCUT2D eigenvalue weighted by molar-refractivity contribution is -0.133. The molecular formula is C32H33FN4O4. The van der Waals surface area contributed by atoms with Crippen LogP contribution in [0.3, 0.4) is 0 Å². The summed E-state index contributed by atoms with van der Waals surface area (Å²) in [5.74, 6) is 0.437. The van der Waals surface area contributed by atoms with Crippen LogP contribution in [-0.2, 0) is 22.4 Å². The molecule has 212 valence electrons. The first-order chi connectivity index (χ1) is 19.6. The first-order valence-electron chi connectivity index (χ1n) is 13.6. The number of Topliss-reactive ketones (excluding diaryl/α,β-unsaturated/α-hetero) is 2. The Balaban J connectivity index is 1.23. The molecule has 0 radical (unpaired) electrons. The van der Waals surface area contributed by atoms with Crippen LogP contribution in [0.2, 0.25) is 0 Å². The maximum Gasteiger partial charge on any atom is 0.270 e. The van der Waals surface area contributed by atoms with E-state index in [0.29, 0.717) is 53.2 Å². The molecule has 9 heteroatoms. The Bertz CT molecular complexity index is 1570. The molecule has 5 rings (SSSR count). The third-order valence-electron chi connectivity index (χ3n) is 7.56. The molecule has 0 atom stereocenters. The second kappa shape index (κ2) is 11.6. The summed E-state index contributed by atoms with van der Waals surface area (Å²) >= 11 is 0. The van der Waals surface area contributed by atoms with E-state index in [0.717, 1.165) is 12.1 Å². The van der Waals surface area contributed by atoms with Crippen molar-refractivity contribution in [3.05, 3.63) is 89.5 Å². The van der Waals surface area contributed by atoms with Crippen molar-refractivity contribution < 1.29 is 23.5 Å². The summed E-state index contributed by atoms with van der Waals surface area (Å²) in [5, 5.41) is 0.687. The highest BCUT2D eigenvalue weighted by molar-refractivity contribution is 6.11. The lowest BCUT2D eigenvalue weighted by Gasteiger charge is -2.18. The van der Waals surface area contributed by atoms with E-state index in [1.54, 1.807) is 54.5 Å². The van der Waals surface area contributed by atoms with Crippen molar-refractivity contribution in [1.82, 2.24) is 19.8 Å². The molecule has 0 spiro atoms. The van der Waals surface area contributed by atoms with Gasteiger partial charge in [0.2, 0.25) is 0 Å². The Hall–Kier alpha value is -4.37. The van der Waals surface area contributed by atoms with Crippen LogP contribution in [0.15, 0.2) is 66.9 Å². The second-order valence-electron chi connectivity index (χ2n) is 10.9. The standard InChI is InChI=1S/C32H33FN4O4/c1-36(2)16-17-37(3)31(40)26-20-25-27(12-15-34-30(25)35-26)41-24-10-6-22(7-11-24)19-29(39)32(13-14-32)28(38)18-21-4-8-23(33)9-5-21/h4-12,15,20H,13-14,16-19H2,1-3H3,(H,34,35). The number of hydrogen-bond donors (Lipinski definition) is 1. The molecule has 0 unspecified atom stereocenters. The number of halogens is 1. The molecule has 2 aromatic carbocycles. The molecular weight excluding hydrogens is 523 g/mol. The zero-order valence-corrected chi connectivity index (χ0v) is 23.4. The molecule has 1 N–H and O–H groups in total. The number of rotatable bonds is 12. The van der Waals surface area contributed by atoms with Gasteiger partial charge in [-0.2, -0.15) is 0 Å². The Labute approximate surface area is 238 Å². The Kier molecular flexibility index (Phi) is 7.99. The van der Waals surface area contributed by atoms with Crippen LogP contribution < -0.4 is 4.74 Å². The van der Waals surface area contributed by atoms with Crippen LogP contribution in [-0.4, -0.2) is 71.5 Å². The number of ketones is 2. The molecule has 0 saturated heterocycles. The van der Waals surface area contributed by atoms with Crippen LogP contribution in [0.4, 0.5) is 4.39 Å². The molecule has 8 nitrogen and oxygen atoms in total. The highest BCUT2D eigenvalue weighted by Gasteiger charge is 2.54. The molecule has 1 aliphatic rings. The van der Waals surface area contributed by atoms with E-state index in [2.05, 4.69) is 9.97 Å². The van der Waals surface area contributed by atoms with Gasteiger partial charge in [0.1, 0.15) is 28.7 Å². The molecule has 0 bridgehead atoms. The average Bonchev–Trinajstić information content (AvgIpc) is 3.66. The van der Waals surface area contributed by atoms with Gasteiger partial charge < -0.3 is 19.5 Å². The normalized spacial score (nSPS) is 13.8. The minimum atomic E-state index is -0.934. The molecule has 4 aromatic rings. The molecule has 0 aliphatic heterocycles. The number of carbonyl (C=O) groups excluding carboxylic acids is 3. The predicted octanol–water partition coefficient (Wildman–Crippen LogP) is 4.83. The summed E-state index contributed by atoms with van der Waals surface area (Å²) in [6.07, 6.45) is 3.00. The lowest BCUT2D eigenvalue weighted by atomic mass is 9.88. The number of nitrogens with one attached hydrogen (secondary N) is 1. The molecule has 2 heterocycles. The van der Waals surface area contributed by atoms with Crippen LogP contribution >= 0.6 is 0 Å². The van der Waals surface area contributed by atoms with Crippen molar-refractivity contribution in [3.63, 3.8) is 0 Å². The van der Waals surface area contributed by atoms with E-state index in [-0.39, 0.29) is 36.1 Å². The van der Waals surface area contributed by atoms with Gasteiger partial charge in [0.15, 0.2) is 11.6 Å². The number of fused-ring (bicyclic) bond motifs is 1. The van der Waals surface area contributed by atoms with Crippen molar-refractivity contribution in [1.29, 1.82) is 0 Å². The summed E-state index contributed by atoms with van der Waals surface area (Å²) in [5.41, 5.74) is 1.54. The van der Waals surface area contributed by atoms with Crippen molar-refractivity contribution in [2.75, 3.05) is 34.2 Å². The minimum absolute atomic E-state index is 0.0887. The number of hydrogen-bond acceptors (Lipinski definition) is 6. The fourth-order valence-corrected chi connectivity index (χ4v) is 4.82. The van der Waals surface area contributed by atoms with Crippen molar-refractivity contribution in [2.45, 2.75) is 25.7 Å². The van der Waals surface area contributed by atoms with Gasteiger partial charge in [0.05, 0.1) is 10.8 Å². The topological polar surface area (TPSA) is 95.6 Å². The van der Waals surface area contributed by atoms with E-state index in [1.807, 2.05) is 31.1 Å². The van der Waals surface area contributed by atoms with Crippen LogP contribution in [0.5, 0.6) is 11.5 Å². The lowest BCUT2D eigenvalue weighted by Crippen LogP contribution is -2.33.